The van der Waals surface area contributed by atoms with Gasteiger partial charge in [-0.1, -0.05) is 20.3 Å². The van der Waals surface area contributed by atoms with E-state index in [9.17, 15) is 0 Å². The van der Waals surface area contributed by atoms with Crippen molar-refractivity contribution in [3.63, 3.8) is 0 Å². The summed E-state index contributed by atoms with van der Waals surface area (Å²) in [5.41, 5.74) is 0. The molecule has 0 saturated carbocycles. The van der Waals surface area contributed by atoms with E-state index in [-0.39, 0.29) is 0 Å². The second kappa shape index (κ2) is 2.70. The average molecular weight is 127 g/mol. The zero-order valence-corrected chi connectivity index (χ0v) is 6.65. The Labute approximate surface area is 57.8 Å². The standard InChI is InChI=1S/C8H17N/c1-4-8-6(2)5-9-7(8)3/h6-9H,4-5H2,1-3H3/t6-,7-,8+/m0/s1. The molecule has 54 valence electrons. The summed E-state index contributed by atoms with van der Waals surface area (Å²) in [7, 11) is 0. The Morgan fingerprint density at radius 1 is 1.44 bits per heavy atom. The summed E-state index contributed by atoms with van der Waals surface area (Å²) in [5, 5.41) is 3.47. The molecule has 0 radical (unpaired) electrons. The van der Waals surface area contributed by atoms with Crippen molar-refractivity contribution in [3.05, 3.63) is 0 Å². The van der Waals surface area contributed by atoms with Gasteiger partial charge in [0.1, 0.15) is 0 Å². The van der Waals surface area contributed by atoms with Gasteiger partial charge in [-0.05, 0) is 25.3 Å². The summed E-state index contributed by atoms with van der Waals surface area (Å²) in [6.45, 7) is 8.13. The molecule has 1 heterocycles. The molecule has 0 aromatic rings. The summed E-state index contributed by atoms with van der Waals surface area (Å²) in [6.07, 6.45) is 1.33. The van der Waals surface area contributed by atoms with Crippen LogP contribution in [0.15, 0.2) is 0 Å². The third-order valence-electron chi connectivity index (χ3n) is 2.61. The predicted molar refractivity (Wildman–Crippen MR) is 40.4 cm³/mol. The molecule has 3 atom stereocenters. The lowest BCUT2D eigenvalue weighted by Crippen LogP contribution is -2.22. The van der Waals surface area contributed by atoms with E-state index in [0.717, 1.165) is 17.9 Å². The molecule has 1 heteroatoms. The SMILES string of the molecule is CC[C@H]1[C@H](C)NC[C@@H]1C. The molecule has 1 nitrogen and oxygen atoms in total. The minimum absolute atomic E-state index is 0.755. The molecule has 1 N–H and O–H groups in total. The topological polar surface area (TPSA) is 12.0 Å². The van der Waals surface area contributed by atoms with Crippen LogP contribution in [0.2, 0.25) is 0 Å². The largest absolute Gasteiger partial charge is 0.314 e. The van der Waals surface area contributed by atoms with Gasteiger partial charge in [0.15, 0.2) is 0 Å². The lowest BCUT2D eigenvalue weighted by molar-refractivity contribution is 0.386. The molecule has 1 saturated heterocycles. The summed E-state index contributed by atoms with van der Waals surface area (Å²) in [6, 6.07) is 0.755. The average Bonchev–Trinajstić information content (AvgIpc) is 2.12. The number of nitrogens with one attached hydrogen (secondary N) is 1. The quantitative estimate of drug-likeness (QED) is 0.564. The molecule has 1 aliphatic rings. The van der Waals surface area contributed by atoms with Crippen molar-refractivity contribution in [2.24, 2.45) is 11.8 Å². The van der Waals surface area contributed by atoms with Crippen molar-refractivity contribution in [2.45, 2.75) is 33.2 Å². The van der Waals surface area contributed by atoms with E-state index < -0.39 is 0 Å². The van der Waals surface area contributed by atoms with Crippen molar-refractivity contribution in [1.82, 2.24) is 5.32 Å². The Morgan fingerprint density at radius 2 is 2.11 bits per heavy atom. The van der Waals surface area contributed by atoms with Crippen LogP contribution in [0.3, 0.4) is 0 Å². The molecular formula is C8H17N. The van der Waals surface area contributed by atoms with E-state index in [1.807, 2.05) is 0 Å². The molecule has 0 unspecified atom stereocenters. The molecule has 9 heavy (non-hydrogen) atoms. The van der Waals surface area contributed by atoms with Crippen molar-refractivity contribution in [3.8, 4) is 0 Å². The molecular weight excluding hydrogens is 110 g/mol. The minimum Gasteiger partial charge on any atom is -0.314 e. The van der Waals surface area contributed by atoms with Gasteiger partial charge < -0.3 is 5.32 Å². The van der Waals surface area contributed by atoms with Gasteiger partial charge in [0, 0.05) is 6.04 Å². The number of rotatable bonds is 1. The minimum atomic E-state index is 0.755. The molecule has 0 aromatic carbocycles. The Balaban J connectivity index is 2.44. The van der Waals surface area contributed by atoms with Crippen molar-refractivity contribution in [2.75, 3.05) is 6.54 Å². The van der Waals surface area contributed by atoms with Gasteiger partial charge in [0.05, 0.1) is 0 Å². The fourth-order valence-corrected chi connectivity index (χ4v) is 1.92. The Bertz CT molecular complexity index is 80.6. The smallest absolute Gasteiger partial charge is 0.00700 e. The van der Waals surface area contributed by atoms with Crippen LogP contribution in [0.25, 0.3) is 0 Å². The van der Waals surface area contributed by atoms with Crippen LogP contribution >= 0.6 is 0 Å². The molecule has 1 rings (SSSR count). The highest BCUT2D eigenvalue weighted by Gasteiger charge is 2.27. The molecule has 1 aliphatic heterocycles. The molecule has 0 amide bonds. The van der Waals surface area contributed by atoms with Crippen LogP contribution in [-0.4, -0.2) is 12.6 Å². The first-order chi connectivity index (χ1) is 4.25. The van der Waals surface area contributed by atoms with Gasteiger partial charge in [-0.25, -0.2) is 0 Å². The molecule has 0 aromatic heterocycles. The summed E-state index contributed by atoms with van der Waals surface area (Å²) < 4.78 is 0. The van der Waals surface area contributed by atoms with Crippen LogP contribution in [0.4, 0.5) is 0 Å². The first kappa shape index (κ1) is 7.07. The van der Waals surface area contributed by atoms with Crippen molar-refractivity contribution >= 4 is 0 Å². The van der Waals surface area contributed by atoms with Crippen LogP contribution in [0, 0.1) is 11.8 Å². The van der Waals surface area contributed by atoms with Crippen LogP contribution in [-0.2, 0) is 0 Å². The maximum Gasteiger partial charge on any atom is 0.00700 e. The highest BCUT2D eigenvalue weighted by molar-refractivity contribution is 4.83. The van der Waals surface area contributed by atoms with E-state index in [4.69, 9.17) is 0 Å². The Hall–Kier alpha value is -0.0400. The van der Waals surface area contributed by atoms with E-state index in [0.29, 0.717) is 0 Å². The molecule has 0 spiro atoms. The third-order valence-corrected chi connectivity index (χ3v) is 2.61. The first-order valence-electron chi connectivity index (χ1n) is 3.99. The maximum absolute atomic E-state index is 3.47. The van der Waals surface area contributed by atoms with Gasteiger partial charge in [-0.2, -0.15) is 0 Å². The second-order valence-corrected chi connectivity index (χ2v) is 3.25. The lowest BCUT2D eigenvalue weighted by atomic mass is 9.91. The zero-order chi connectivity index (χ0) is 6.85. The zero-order valence-electron chi connectivity index (χ0n) is 6.65. The van der Waals surface area contributed by atoms with Crippen molar-refractivity contribution < 1.29 is 0 Å². The highest BCUT2D eigenvalue weighted by Crippen LogP contribution is 2.24. The monoisotopic (exact) mass is 127 g/mol. The van der Waals surface area contributed by atoms with E-state index in [1.54, 1.807) is 0 Å². The Kier molecular flexibility index (Phi) is 2.12. The van der Waals surface area contributed by atoms with Gasteiger partial charge in [-0.15, -0.1) is 0 Å². The van der Waals surface area contributed by atoms with E-state index >= 15 is 0 Å². The number of hydrogen-bond donors (Lipinski definition) is 1. The number of hydrogen-bond acceptors (Lipinski definition) is 1. The molecule has 1 fully saturated rings. The highest BCUT2D eigenvalue weighted by atomic mass is 15.0. The predicted octanol–water partition coefficient (Wildman–Crippen LogP) is 1.64. The normalized spacial score (nSPS) is 43.7. The van der Waals surface area contributed by atoms with Gasteiger partial charge in [-0.3, -0.25) is 0 Å². The first-order valence-corrected chi connectivity index (χ1v) is 3.99. The van der Waals surface area contributed by atoms with E-state index in [1.165, 1.54) is 13.0 Å². The fraction of sp³-hybridized carbons (Fsp3) is 1.00. The third kappa shape index (κ3) is 1.26. The second-order valence-electron chi connectivity index (χ2n) is 3.25. The van der Waals surface area contributed by atoms with Crippen LogP contribution in [0.1, 0.15) is 27.2 Å². The van der Waals surface area contributed by atoms with Gasteiger partial charge in [0.2, 0.25) is 0 Å². The summed E-state index contributed by atoms with van der Waals surface area (Å²) in [5.74, 6) is 1.81. The Morgan fingerprint density at radius 3 is 2.33 bits per heavy atom. The van der Waals surface area contributed by atoms with Gasteiger partial charge in [0.25, 0.3) is 0 Å². The van der Waals surface area contributed by atoms with Crippen LogP contribution in [0.5, 0.6) is 0 Å². The fourth-order valence-electron chi connectivity index (χ4n) is 1.92. The lowest BCUT2D eigenvalue weighted by Gasteiger charge is -2.15. The van der Waals surface area contributed by atoms with Crippen molar-refractivity contribution in [1.29, 1.82) is 0 Å². The molecule has 0 aliphatic carbocycles. The van der Waals surface area contributed by atoms with Gasteiger partial charge >= 0.3 is 0 Å². The van der Waals surface area contributed by atoms with Crippen LogP contribution < -0.4 is 5.32 Å². The summed E-state index contributed by atoms with van der Waals surface area (Å²) in [4.78, 5) is 0. The molecule has 0 bridgehead atoms. The summed E-state index contributed by atoms with van der Waals surface area (Å²) >= 11 is 0. The van der Waals surface area contributed by atoms with E-state index in [2.05, 4.69) is 26.1 Å². The maximum atomic E-state index is 3.47.